The van der Waals surface area contributed by atoms with Gasteiger partial charge in [-0.25, -0.2) is 15.0 Å². The Balaban J connectivity index is 2.53. The Morgan fingerprint density at radius 2 is 1.70 bits per heavy atom. The second kappa shape index (κ2) is 5.36. The van der Waals surface area contributed by atoms with Crippen LogP contribution < -0.4 is 0 Å². The predicted molar refractivity (Wildman–Crippen MR) is 75.5 cm³/mol. The van der Waals surface area contributed by atoms with E-state index in [4.69, 9.17) is 5.11 Å². The van der Waals surface area contributed by atoms with Gasteiger partial charge in [-0.3, -0.25) is 4.79 Å². The van der Waals surface area contributed by atoms with Gasteiger partial charge in [-0.15, -0.1) is 0 Å². The first-order valence-electron chi connectivity index (χ1n) is 6.42. The molecular formula is C15H17N3O2. The van der Waals surface area contributed by atoms with Gasteiger partial charge in [0.15, 0.2) is 5.82 Å². The molecule has 0 spiro atoms. The molecule has 5 heteroatoms. The maximum absolute atomic E-state index is 11.1. The predicted octanol–water partition coefficient (Wildman–Crippen LogP) is 2.65. The molecule has 20 heavy (non-hydrogen) atoms. The minimum atomic E-state index is -0.874. The van der Waals surface area contributed by atoms with E-state index in [2.05, 4.69) is 15.0 Å². The molecule has 0 aromatic carbocycles. The van der Waals surface area contributed by atoms with Crippen LogP contribution in [-0.4, -0.2) is 26.0 Å². The average Bonchev–Trinajstić information content (AvgIpc) is 2.37. The molecule has 5 nitrogen and oxygen atoms in total. The Labute approximate surface area is 117 Å². The van der Waals surface area contributed by atoms with E-state index >= 15 is 0 Å². The van der Waals surface area contributed by atoms with E-state index in [-0.39, 0.29) is 0 Å². The smallest absolute Gasteiger partial charge is 0.310 e. The lowest BCUT2D eigenvalue weighted by Crippen LogP contribution is -2.13. The summed E-state index contributed by atoms with van der Waals surface area (Å²) in [6.07, 6.45) is 0. The van der Waals surface area contributed by atoms with E-state index in [1.165, 1.54) is 0 Å². The van der Waals surface area contributed by atoms with Crippen molar-refractivity contribution in [2.75, 3.05) is 0 Å². The SMILES string of the molecule is Cc1cccc(-c2nc(C)c(C(C)C(=O)O)c(C)n2)n1. The van der Waals surface area contributed by atoms with Gasteiger partial charge in [0.1, 0.15) is 5.69 Å². The first-order chi connectivity index (χ1) is 9.40. The third-order valence-electron chi connectivity index (χ3n) is 3.25. The molecule has 0 saturated carbocycles. The lowest BCUT2D eigenvalue weighted by Gasteiger charge is -2.14. The fourth-order valence-electron chi connectivity index (χ4n) is 2.26. The molecule has 0 radical (unpaired) electrons. The molecule has 0 aliphatic rings. The van der Waals surface area contributed by atoms with Gasteiger partial charge in [0.25, 0.3) is 0 Å². The van der Waals surface area contributed by atoms with Crippen molar-refractivity contribution in [3.05, 3.63) is 40.8 Å². The monoisotopic (exact) mass is 271 g/mol. The second-order valence-corrected chi connectivity index (χ2v) is 4.86. The molecule has 0 amide bonds. The van der Waals surface area contributed by atoms with Crippen LogP contribution in [-0.2, 0) is 4.79 Å². The molecule has 0 bridgehead atoms. The summed E-state index contributed by atoms with van der Waals surface area (Å²) in [6.45, 7) is 7.17. The van der Waals surface area contributed by atoms with Gasteiger partial charge in [0.2, 0.25) is 0 Å². The van der Waals surface area contributed by atoms with E-state index in [0.717, 1.165) is 5.69 Å². The number of carboxylic acids is 1. The molecule has 104 valence electrons. The number of aryl methyl sites for hydroxylation is 3. The molecule has 2 heterocycles. The lowest BCUT2D eigenvalue weighted by atomic mass is 9.98. The summed E-state index contributed by atoms with van der Waals surface area (Å²) in [4.78, 5) is 24.4. The average molecular weight is 271 g/mol. The summed E-state index contributed by atoms with van der Waals surface area (Å²) in [5, 5.41) is 9.14. The van der Waals surface area contributed by atoms with Crippen molar-refractivity contribution in [3.8, 4) is 11.5 Å². The number of rotatable bonds is 3. The standard InChI is InChI=1S/C15H17N3O2/c1-8-6-5-7-12(16-8)14-17-10(3)13(11(4)18-14)9(2)15(19)20/h5-7,9H,1-4H3,(H,19,20). The van der Waals surface area contributed by atoms with Crippen molar-refractivity contribution in [1.82, 2.24) is 15.0 Å². The van der Waals surface area contributed by atoms with Gasteiger partial charge in [-0.1, -0.05) is 6.07 Å². The summed E-state index contributed by atoms with van der Waals surface area (Å²) >= 11 is 0. The number of pyridine rings is 1. The highest BCUT2D eigenvalue weighted by Crippen LogP contribution is 2.24. The summed E-state index contributed by atoms with van der Waals surface area (Å²) in [5.41, 5.74) is 3.64. The van der Waals surface area contributed by atoms with Gasteiger partial charge in [-0.05, 0) is 39.8 Å². The van der Waals surface area contributed by atoms with Gasteiger partial charge in [0.05, 0.1) is 5.92 Å². The fraction of sp³-hybridized carbons (Fsp3) is 0.333. The molecular weight excluding hydrogens is 254 g/mol. The first-order valence-corrected chi connectivity index (χ1v) is 6.42. The molecule has 2 aromatic heterocycles. The normalized spacial score (nSPS) is 12.2. The third-order valence-corrected chi connectivity index (χ3v) is 3.25. The molecule has 2 rings (SSSR count). The number of carboxylic acid groups (broad SMARTS) is 1. The Morgan fingerprint density at radius 1 is 1.10 bits per heavy atom. The number of aromatic nitrogens is 3. The zero-order chi connectivity index (χ0) is 14.9. The minimum Gasteiger partial charge on any atom is -0.481 e. The van der Waals surface area contributed by atoms with Crippen molar-refractivity contribution < 1.29 is 9.90 Å². The van der Waals surface area contributed by atoms with E-state index < -0.39 is 11.9 Å². The molecule has 0 aliphatic carbocycles. The van der Waals surface area contributed by atoms with Crippen LogP contribution in [0, 0.1) is 20.8 Å². The van der Waals surface area contributed by atoms with Crippen LogP contribution in [0.4, 0.5) is 0 Å². The van der Waals surface area contributed by atoms with Crippen LogP contribution in [0.15, 0.2) is 18.2 Å². The molecule has 1 unspecified atom stereocenters. The van der Waals surface area contributed by atoms with Crippen LogP contribution >= 0.6 is 0 Å². The van der Waals surface area contributed by atoms with Crippen molar-refractivity contribution in [3.63, 3.8) is 0 Å². The van der Waals surface area contributed by atoms with Crippen LogP contribution in [0.5, 0.6) is 0 Å². The zero-order valence-corrected chi connectivity index (χ0v) is 12.0. The molecule has 1 atom stereocenters. The van der Waals surface area contributed by atoms with Crippen LogP contribution in [0.1, 0.15) is 35.5 Å². The van der Waals surface area contributed by atoms with E-state index in [9.17, 15) is 4.79 Å². The topological polar surface area (TPSA) is 76.0 Å². The Kier molecular flexibility index (Phi) is 3.79. The number of nitrogens with zero attached hydrogens (tertiary/aromatic N) is 3. The zero-order valence-electron chi connectivity index (χ0n) is 12.0. The van der Waals surface area contributed by atoms with Crippen LogP contribution in [0.2, 0.25) is 0 Å². The third kappa shape index (κ3) is 2.66. The highest BCUT2D eigenvalue weighted by Gasteiger charge is 2.21. The molecule has 2 aromatic rings. The Morgan fingerprint density at radius 3 is 2.20 bits per heavy atom. The van der Waals surface area contributed by atoms with Gasteiger partial charge in [-0.2, -0.15) is 0 Å². The van der Waals surface area contributed by atoms with E-state index in [1.807, 2.05) is 39.0 Å². The maximum atomic E-state index is 11.1. The van der Waals surface area contributed by atoms with Gasteiger partial charge >= 0.3 is 5.97 Å². The molecule has 1 N–H and O–H groups in total. The van der Waals surface area contributed by atoms with Crippen molar-refractivity contribution in [2.24, 2.45) is 0 Å². The van der Waals surface area contributed by atoms with Crippen molar-refractivity contribution >= 4 is 5.97 Å². The van der Waals surface area contributed by atoms with Crippen molar-refractivity contribution in [1.29, 1.82) is 0 Å². The Bertz CT molecular complexity index is 645. The summed E-state index contributed by atoms with van der Waals surface area (Å²) < 4.78 is 0. The van der Waals surface area contributed by atoms with Gasteiger partial charge in [0, 0.05) is 22.6 Å². The van der Waals surface area contributed by atoms with Crippen molar-refractivity contribution in [2.45, 2.75) is 33.6 Å². The summed E-state index contributed by atoms with van der Waals surface area (Å²) in [5.74, 6) is -0.958. The summed E-state index contributed by atoms with van der Waals surface area (Å²) in [7, 11) is 0. The highest BCUT2D eigenvalue weighted by atomic mass is 16.4. The number of hydrogen-bond acceptors (Lipinski definition) is 4. The lowest BCUT2D eigenvalue weighted by molar-refractivity contribution is -0.138. The van der Waals surface area contributed by atoms with Gasteiger partial charge < -0.3 is 5.11 Å². The Hall–Kier alpha value is -2.30. The fourth-order valence-corrected chi connectivity index (χ4v) is 2.26. The number of carbonyl (C=O) groups is 1. The largest absolute Gasteiger partial charge is 0.481 e. The quantitative estimate of drug-likeness (QED) is 0.928. The first kappa shape index (κ1) is 14.1. The van der Waals surface area contributed by atoms with E-state index in [0.29, 0.717) is 28.5 Å². The number of aliphatic carboxylic acids is 1. The number of hydrogen-bond donors (Lipinski definition) is 1. The molecule has 0 fully saturated rings. The second-order valence-electron chi connectivity index (χ2n) is 4.86. The van der Waals surface area contributed by atoms with E-state index in [1.54, 1.807) is 6.92 Å². The van der Waals surface area contributed by atoms with Crippen LogP contribution in [0.25, 0.3) is 11.5 Å². The van der Waals surface area contributed by atoms with Crippen LogP contribution in [0.3, 0.4) is 0 Å². The highest BCUT2D eigenvalue weighted by molar-refractivity contribution is 5.76. The minimum absolute atomic E-state index is 0.532. The summed E-state index contributed by atoms with van der Waals surface area (Å²) in [6, 6.07) is 5.66. The maximum Gasteiger partial charge on any atom is 0.310 e. The molecule has 0 saturated heterocycles. The molecule has 0 aliphatic heterocycles.